The molecular formula is C7H11F2N. The Hall–Kier alpha value is -0.860. The van der Waals surface area contributed by atoms with E-state index >= 15 is 0 Å². The van der Waals surface area contributed by atoms with Crippen LogP contribution in [0.4, 0.5) is 8.78 Å². The van der Waals surface area contributed by atoms with Gasteiger partial charge in [-0.05, 0) is 26.3 Å². The molecule has 0 bridgehead atoms. The van der Waals surface area contributed by atoms with Crippen molar-refractivity contribution in [2.24, 2.45) is 5.73 Å². The van der Waals surface area contributed by atoms with Crippen molar-refractivity contribution >= 4 is 0 Å². The van der Waals surface area contributed by atoms with Gasteiger partial charge in [-0.1, -0.05) is 0 Å². The number of halogens is 2. The van der Waals surface area contributed by atoms with E-state index < -0.39 is 11.8 Å². The zero-order valence-electron chi connectivity index (χ0n) is 6.33. The molecular weight excluding hydrogens is 136 g/mol. The molecule has 0 amide bonds. The van der Waals surface area contributed by atoms with E-state index in [-0.39, 0.29) is 5.57 Å². The van der Waals surface area contributed by atoms with Gasteiger partial charge in [0, 0.05) is 5.57 Å². The van der Waals surface area contributed by atoms with E-state index in [1.165, 1.54) is 6.92 Å². The molecule has 0 aromatic rings. The standard InChI is InChI=1S/C7H11F2N/c1-4(2)6(8)5(3)7(9)10/h10H2,1-3H3/b7-5+. The van der Waals surface area contributed by atoms with Crippen LogP contribution in [0.2, 0.25) is 0 Å². The largest absolute Gasteiger partial charge is 0.375 e. The highest BCUT2D eigenvalue weighted by Gasteiger charge is 2.04. The molecule has 58 valence electrons. The molecule has 0 aromatic carbocycles. The summed E-state index contributed by atoms with van der Waals surface area (Å²) in [4.78, 5) is 0. The van der Waals surface area contributed by atoms with Gasteiger partial charge in [-0.2, -0.15) is 4.39 Å². The predicted molar refractivity (Wildman–Crippen MR) is 37.5 cm³/mol. The molecule has 0 aliphatic carbocycles. The van der Waals surface area contributed by atoms with Gasteiger partial charge >= 0.3 is 0 Å². The summed E-state index contributed by atoms with van der Waals surface area (Å²) in [5.74, 6) is -1.53. The van der Waals surface area contributed by atoms with Crippen LogP contribution in [-0.4, -0.2) is 0 Å². The molecule has 0 aliphatic rings. The van der Waals surface area contributed by atoms with Crippen molar-refractivity contribution in [3.05, 3.63) is 22.9 Å². The molecule has 0 aromatic heterocycles. The van der Waals surface area contributed by atoms with Crippen molar-refractivity contribution in [1.29, 1.82) is 0 Å². The highest BCUT2D eigenvalue weighted by molar-refractivity contribution is 5.27. The smallest absolute Gasteiger partial charge is 0.190 e. The lowest BCUT2D eigenvalue weighted by Crippen LogP contribution is -1.95. The van der Waals surface area contributed by atoms with Crippen molar-refractivity contribution in [3.8, 4) is 0 Å². The zero-order chi connectivity index (χ0) is 8.31. The zero-order valence-corrected chi connectivity index (χ0v) is 6.33. The predicted octanol–water partition coefficient (Wildman–Crippen LogP) is 2.41. The van der Waals surface area contributed by atoms with Gasteiger partial charge in [0.1, 0.15) is 5.83 Å². The first kappa shape index (κ1) is 9.14. The van der Waals surface area contributed by atoms with E-state index in [0.717, 1.165) is 0 Å². The van der Waals surface area contributed by atoms with E-state index in [4.69, 9.17) is 5.73 Å². The fraction of sp³-hybridized carbons (Fsp3) is 0.429. The van der Waals surface area contributed by atoms with Gasteiger partial charge in [-0.3, -0.25) is 0 Å². The van der Waals surface area contributed by atoms with Gasteiger partial charge in [0.2, 0.25) is 0 Å². The summed E-state index contributed by atoms with van der Waals surface area (Å²) in [6.45, 7) is 4.42. The summed E-state index contributed by atoms with van der Waals surface area (Å²) in [6.07, 6.45) is 0. The van der Waals surface area contributed by atoms with Gasteiger partial charge in [0.15, 0.2) is 5.95 Å². The molecule has 2 N–H and O–H groups in total. The molecule has 1 nitrogen and oxygen atoms in total. The molecule has 0 atom stereocenters. The molecule has 10 heavy (non-hydrogen) atoms. The van der Waals surface area contributed by atoms with Crippen molar-refractivity contribution in [2.45, 2.75) is 20.8 Å². The number of allylic oxidation sites excluding steroid dienone is 3. The third-order valence-corrected chi connectivity index (χ3v) is 1.13. The molecule has 0 fully saturated rings. The van der Waals surface area contributed by atoms with Crippen LogP contribution < -0.4 is 5.73 Å². The summed E-state index contributed by atoms with van der Waals surface area (Å²) in [7, 11) is 0. The number of rotatable bonds is 1. The topological polar surface area (TPSA) is 26.0 Å². The number of nitrogens with two attached hydrogens (primary N) is 1. The lowest BCUT2D eigenvalue weighted by molar-refractivity contribution is 0.581. The SMILES string of the molecule is CC(C)=C(F)/C(C)=C(/N)F. The number of hydrogen-bond donors (Lipinski definition) is 1. The molecule has 0 aliphatic heterocycles. The Morgan fingerprint density at radius 1 is 1.10 bits per heavy atom. The monoisotopic (exact) mass is 147 g/mol. The highest BCUT2D eigenvalue weighted by atomic mass is 19.1. The van der Waals surface area contributed by atoms with Crippen LogP contribution in [0.15, 0.2) is 22.9 Å². The Labute approximate surface area is 59.2 Å². The molecule has 0 saturated carbocycles. The first-order chi connectivity index (χ1) is 4.46. The van der Waals surface area contributed by atoms with Gasteiger partial charge in [0.05, 0.1) is 0 Å². The average molecular weight is 147 g/mol. The molecule has 0 saturated heterocycles. The van der Waals surface area contributed by atoms with E-state index in [9.17, 15) is 8.78 Å². The second-order valence-corrected chi connectivity index (χ2v) is 2.29. The normalized spacial score (nSPS) is 12.5. The fourth-order valence-corrected chi connectivity index (χ4v) is 0.480. The van der Waals surface area contributed by atoms with Crippen LogP contribution in [0.1, 0.15) is 20.8 Å². The molecule has 0 rings (SSSR count). The lowest BCUT2D eigenvalue weighted by Gasteiger charge is -1.98. The number of hydrogen-bond acceptors (Lipinski definition) is 1. The minimum atomic E-state index is -0.960. The van der Waals surface area contributed by atoms with Crippen molar-refractivity contribution in [3.63, 3.8) is 0 Å². The third kappa shape index (κ3) is 2.17. The van der Waals surface area contributed by atoms with Gasteiger partial charge in [-0.25, -0.2) is 4.39 Å². The van der Waals surface area contributed by atoms with Gasteiger partial charge in [-0.15, -0.1) is 0 Å². The Bertz CT molecular complexity index is 162. The Kier molecular flexibility index (Phi) is 3.06. The first-order valence-electron chi connectivity index (χ1n) is 2.92. The summed E-state index contributed by atoms with van der Waals surface area (Å²) < 4.78 is 24.8. The van der Waals surface area contributed by atoms with E-state index in [0.29, 0.717) is 5.57 Å². The highest BCUT2D eigenvalue weighted by Crippen LogP contribution is 2.17. The van der Waals surface area contributed by atoms with Gasteiger partial charge < -0.3 is 5.73 Å². The van der Waals surface area contributed by atoms with Crippen molar-refractivity contribution in [2.75, 3.05) is 0 Å². The van der Waals surface area contributed by atoms with E-state index in [2.05, 4.69) is 0 Å². The van der Waals surface area contributed by atoms with E-state index in [1.807, 2.05) is 0 Å². The minimum absolute atomic E-state index is 0.125. The van der Waals surface area contributed by atoms with Crippen LogP contribution in [0.25, 0.3) is 0 Å². The Morgan fingerprint density at radius 3 is 1.60 bits per heavy atom. The first-order valence-corrected chi connectivity index (χ1v) is 2.92. The summed E-state index contributed by atoms with van der Waals surface area (Å²) >= 11 is 0. The molecule has 0 unspecified atom stereocenters. The van der Waals surface area contributed by atoms with Crippen molar-refractivity contribution in [1.82, 2.24) is 0 Å². The molecule has 0 radical (unpaired) electrons. The van der Waals surface area contributed by atoms with Crippen LogP contribution in [0.5, 0.6) is 0 Å². The second kappa shape index (κ2) is 3.34. The summed E-state index contributed by atoms with van der Waals surface area (Å²) in [5.41, 5.74) is 5.02. The quantitative estimate of drug-likeness (QED) is 0.447. The van der Waals surface area contributed by atoms with Crippen LogP contribution in [-0.2, 0) is 0 Å². The maximum Gasteiger partial charge on any atom is 0.190 e. The Morgan fingerprint density at radius 2 is 1.50 bits per heavy atom. The van der Waals surface area contributed by atoms with E-state index in [1.54, 1.807) is 13.8 Å². The maximum atomic E-state index is 12.7. The van der Waals surface area contributed by atoms with Crippen molar-refractivity contribution < 1.29 is 8.78 Å². The van der Waals surface area contributed by atoms with Crippen LogP contribution >= 0.6 is 0 Å². The van der Waals surface area contributed by atoms with Crippen LogP contribution in [0.3, 0.4) is 0 Å². The molecule has 3 heteroatoms. The minimum Gasteiger partial charge on any atom is -0.375 e. The van der Waals surface area contributed by atoms with Gasteiger partial charge in [0.25, 0.3) is 0 Å². The van der Waals surface area contributed by atoms with Crippen LogP contribution in [0, 0.1) is 0 Å². The summed E-state index contributed by atoms with van der Waals surface area (Å²) in [5, 5.41) is 0. The second-order valence-electron chi connectivity index (χ2n) is 2.29. The Balaban J connectivity index is 4.71. The maximum absolute atomic E-state index is 12.7. The average Bonchev–Trinajstić information content (AvgIpc) is 1.84. The fourth-order valence-electron chi connectivity index (χ4n) is 0.480. The summed E-state index contributed by atoms with van der Waals surface area (Å²) in [6, 6.07) is 0. The lowest BCUT2D eigenvalue weighted by atomic mass is 10.2. The molecule has 0 heterocycles. The third-order valence-electron chi connectivity index (χ3n) is 1.13. The molecule has 0 spiro atoms.